The predicted molar refractivity (Wildman–Crippen MR) is 55.6 cm³/mol. The fourth-order valence-electron chi connectivity index (χ4n) is 2.05. The molecule has 1 aliphatic rings. The van der Waals surface area contributed by atoms with E-state index in [9.17, 15) is 0 Å². The van der Waals surface area contributed by atoms with E-state index in [1.54, 1.807) is 0 Å². The molecule has 2 rings (SSSR count). The molecule has 1 aliphatic heterocycles. The minimum Gasteiger partial charge on any atom is -0.310 e. The molecule has 1 aromatic carbocycles. The molecule has 1 heterocycles. The minimum absolute atomic E-state index is 0.588. The van der Waals surface area contributed by atoms with Gasteiger partial charge in [-0.3, -0.25) is 0 Å². The lowest BCUT2D eigenvalue weighted by Crippen LogP contribution is -2.30. The Hall–Kier alpha value is -0.820. The summed E-state index contributed by atoms with van der Waals surface area (Å²) in [4.78, 5) is 0. The van der Waals surface area contributed by atoms with Crippen LogP contribution in [0.4, 0.5) is 0 Å². The zero-order valence-corrected chi connectivity index (χ0v) is 8.16. The maximum atomic E-state index is 3.57. The normalized spacial score (nSPS) is 28.7. The molecule has 0 aliphatic carbocycles. The first-order valence-electron chi connectivity index (χ1n) is 5.14. The quantitative estimate of drug-likeness (QED) is 0.692. The summed E-state index contributed by atoms with van der Waals surface area (Å²) in [6, 6.07) is 11.3. The topological polar surface area (TPSA) is 12.0 Å². The van der Waals surface area contributed by atoms with Crippen LogP contribution < -0.4 is 5.32 Å². The maximum Gasteiger partial charge on any atom is 0.0322 e. The largest absolute Gasteiger partial charge is 0.310 e. The Morgan fingerprint density at radius 3 is 2.69 bits per heavy atom. The van der Waals surface area contributed by atoms with E-state index in [4.69, 9.17) is 0 Å². The van der Waals surface area contributed by atoms with Crippen LogP contribution >= 0.6 is 0 Å². The van der Waals surface area contributed by atoms with E-state index in [-0.39, 0.29) is 0 Å². The van der Waals surface area contributed by atoms with Crippen LogP contribution in [0.2, 0.25) is 0 Å². The smallest absolute Gasteiger partial charge is 0.0322 e. The van der Waals surface area contributed by atoms with E-state index in [1.165, 1.54) is 24.9 Å². The van der Waals surface area contributed by atoms with E-state index in [1.807, 2.05) is 0 Å². The van der Waals surface area contributed by atoms with Crippen LogP contribution in [-0.4, -0.2) is 6.54 Å². The van der Waals surface area contributed by atoms with E-state index in [2.05, 4.69) is 42.6 Å². The van der Waals surface area contributed by atoms with Crippen molar-refractivity contribution in [1.82, 2.24) is 5.32 Å². The van der Waals surface area contributed by atoms with E-state index < -0.39 is 0 Å². The van der Waals surface area contributed by atoms with Gasteiger partial charge in [0.25, 0.3) is 0 Å². The maximum absolute atomic E-state index is 3.57. The highest BCUT2D eigenvalue weighted by molar-refractivity contribution is 5.19. The van der Waals surface area contributed by atoms with Gasteiger partial charge >= 0.3 is 0 Å². The summed E-state index contributed by atoms with van der Waals surface area (Å²) in [6.07, 6.45) is 2.60. The highest BCUT2D eigenvalue weighted by Crippen LogP contribution is 2.26. The molecule has 1 saturated heterocycles. The van der Waals surface area contributed by atoms with E-state index >= 15 is 0 Å². The molecular formula is C12H17N. The average molecular weight is 175 g/mol. The third-order valence-corrected chi connectivity index (χ3v) is 2.87. The molecule has 2 atom stereocenters. The number of rotatable bonds is 1. The highest BCUT2D eigenvalue weighted by Gasteiger charge is 2.18. The van der Waals surface area contributed by atoms with Gasteiger partial charge in [0, 0.05) is 6.04 Å². The molecule has 1 N–H and O–H groups in total. The Balaban J connectivity index is 2.08. The standard InChI is InChI=1S/C12H17N/c1-10-7-8-13-12(9-10)11-5-3-2-4-6-11/h2-6,10,12-13H,7-9H2,1H3/t10-,12-/m0/s1. The molecule has 13 heavy (non-hydrogen) atoms. The van der Waals surface area contributed by atoms with Crippen LogP contribution in [-0.2, 0) is 0 Å². The highest BCUT2D eigenvalue weighted by atomic mass is 14.9. The second-order valence-corrected chi connectivity index (χ2v) is 4.05. The van der Waals surface area contributed by atoms with Crippen LogP contribution in [0.1, 0.15) is 31.4 Å². The lowest BCUT2D eigenvalue weighted by molar-refractivity contribution is 0.325. The monoisotopic (exact) mass is 175 g/mol. The number of hydrogen-bond acceptors (Lipinski definition) is 1. The number of benzene rings is 1. The van der Waals surface area contributed by atoms with Crippen LogP contribution in [0.3, 0.4) is 0 Å². The third kappa shape index (κ3) is 2.10. The van der Waals surface area contributed by atoms with Crippen LogP contribution in [0.25, 0.3) is 0 Å². The predicted octanol–water partition coefficient (Wildman–Crippen LogP) is 2.75. The molecule has 0 amide bonds. The molecule has 0 aromatic heterocycles. The molecule has 1 nitrogen and oxygen atoms in total. The Bertz CT molecular complexity index is 255. The lowest BCUT2D eigenvalue weighted by Gasteiger charge is -2.28. The van der Waals surface area contributed by atoms with Crippen molar-refractivity contribution in [2.24, 2.45) is 5.92 Å². The van der Waals surface area contributed by atoms with Gasteiger partial charge in [-0.15, -0.1) is 0 Å². The second-order valence-electron chi connectivity index (χ2n) is 4.05. The molecule has 0 unspecified atom stereocenters. The van der Waals surface area contributed by atoms with Gasteiger partial charge in [0.1, 0.15) is 0 Å². The lowest BCUT2D eigenvalue weighted by atomic mass is 9.90. The van der Waals surface area contributed by atoms with Crippen molar-refractivity contribution in [2.45, 2.75) is 25.8 Å². The van der Waals surface area contributed by atoms with Gasteiger partial charge in [-0.05, 0) is 30.9 Å². The summed E-state index contributed by atoms with van der Waals surface area (Å²) in [5.74, 6) is 0.867. The van der Waals surface area contributed by atoms with Gasteiger partial charge in [-0.25, -0.2) is 0 Å². The van der Waals surface area contributed by atoms with Crippen molar-refractivity contribution in [2.75, 3.05) is 6.54 Å². The summed E-state index contributed by atoms with van der Waals surface area (Å²) in [5.41, 5.74) is 1.44. The molecule has 70 valence electrons. The van der Waals surface area contributed by atoms with Crippen molar-refractivity contribution < 1.29 is 0 Å². The second kappa shape index (κ2) is 3.93. The molecule has 0 saturated carbocycles. The van der Waals surface area contributed by atoms with Crippen molar-refractivity contribution in [3.63, 3.8) is 0 Å². The summed E-state index contributed by atoms with van der Waals surface area (Å²) < 4.78 is 0. The van der Waals surface area contributed by atoms with Crippen molar-refractivity contribution >= 4 is 0 Å². The minimum atomic E-state index is 0.588. The Morgan fingerprint density at radius 2 is 2.00 bits per heavy atom. The SMILES string of the molecule is C[C@H]1CCN[C@H](c2ccccc2)C1. The Kier molecular flexibility index (Phi) is 2.65. The summed E-state index contributed by atoms with van der Waals surface area (Å²) in [5, 5.41) is 3.57. The number of piperidine rings is 1. The van der Waals surface area contributed by atoms with E-state index in [0.29, 0.717) is 6.04 Å². The fourth-order valence-corrected chi connectivity index (χ4v) is 2.05. The van der Waals surface area contributed by atoms with Gasteiger partial charge in [0.05, 0.1) is 0 Å². The van der Waals surface area contributed by atoms with Gasteiger partial charge in [-0.1, -0.05) is 37.3 Å². The summed E-state index contributed by atoms with van der Waals surface area (Å²) in [6.45, 7) is 3.51. The number of nitrogens with one attached hydrogen (secondary N) is 1. The first kappa shape index (κ1) is 8.76. The molecule has 1 fully saturated rings. The average Bonchev–Trinajstić information content (AvgIpc) is 2.19. The van der Waals surface area contributed by atoms with Crippen molar-refractivity contribution in [3.05, 3.63) is 35.9 Å². The van der Waals surface area contributed by atoms with Gasteiger partial charge in [0.2, 0.25) is 0 Å². The van der Waals surface area contributed by atoms with Crippen LogP contribution in [0.15, 0.2) is 30.3 Å². The molecular weight excluding hydrogens is 158 g/mol. The fraction of sp³-hybridized carbons (Fsp3) is 0.500. The Labute approximate surface area is 80.2 Å². The van der Waals surface area contributed by atoms with E-state index in [0.717, 1.165) is 5.92 Å². The number of hydrogen-bond donors (Lipinski definition) is 1. The van der Waals surface area contributed by atoms with Gasteiger partial charge in [-0.2, -0.15) is 0 Å². The molecule has 0 radical (unpaired) electrons. The zero-order valence-electron chi connectivity index (χ0n) is 8.16. The first-order valence-corrected chi connectivity index (χ1v) is 5.14. The molecule has 1 aromatic rings. The summed E-state index contributed by atoms with van der Waals surface area (Å²) >= 11 is 0. The van der Waals surface area contributed by atoms with Crippen molar-refractivity contribution in [1.29, 1.82) is 0 Å². The Morgan fingerprint density at radius 1 is 1.23 bits per heavy atom. The zero-order chi connectivity index (χ0) is 9.10. The first-order chi connectivity index (χ1) is 6.36. The van der Waals surface area contributed by atoms with Crippen LogP contribution in [0, 0.1) is 5.92 Å². The van der Waals surface area contributed by atoms with Crippen LogP contribution in [0.5, 0.6) is 0 Å². The summed E-state index contributed by atoms with van der Waals surface area (Å²) in [7, 11) is 0. The molecule has 0 bridgehead atoms. The van der Waals surface area contributed by atoms with Gasteiger partial charge < -0.3 is 5.32 Å². The molecule has 1 heteroatoms. The molecule has 0 spiro atoms. The van der Waals surface area contributed by atoms with Crippen molar-refractivity contribution in [3.8, 4) is 0 Å². The third-order valence-electron chi connectivity index (χ3n) is 2.87. The van der Waals surface area contributed by atoms with Gasteiger partial charge in [0.15, 0.2) is 0 Å².